The lowest BCUT2D eigenvalue weighted by atomic mass is 9.76. The topological polar surface area (TPSA) is 88.7 Å². The van der Waals surface area contributed by atoms with Crippen LogP contribution in [0.5, 0.6) is 5.75 Å². The Balaban J connectivity index is 1.73. The van der Waals surface area contributed by atoms with Gasteiger partial charge < -0.3 is 20.5 Å². The summed E-state index contributed by atoms with van der Waals surface area (Å²) in [6, 6.07) is 7.41. The summed E-state index contributed by atoms with van der Waals surface area (Å²) in [6.45, 7) is 3.51. The third kappa shape index (κ3) is 3.83. The van der Waals surface area contributed by atoms with Crippen LogP contribution >= 0.6 is 15.9 Å². The zero-order valence-electron chi connectivity index (χ0n) is 16.3. The largest absolute Gasteiger partial charge is 0.508 e. The number of carbonyl (C=O) groups is 1. The van der Waals surface area contributed by atoms with Crippen LogP contribution in [0.15, 0.2) is 34.9 Å². The Labute approximate surface area is 178 Å². The van der Waals surface area contributed by atoms with Gasteiger partial charge >= 0.3 is 6.09 Å². The van der Waals surface area contributed by atoms with E-state index in [0.717, 1.165) is 39.7 Å². The minimum atomic E-state index is -0.245. The van der Waals surface area contributed by atoms with Crippen molar-refractivity contribution in [2.75, 3.05) is 19.7 Å². The predicted molar refractivity (Wildman–Crippen MR) is 115 cm³/mol. The molecule has 2 aliphatic rings. The van der Waals surface area contributed by atoms with E-state index in [9.17, 15) is 9.90 Å². The number of aromatic nitrogens is 1. The molecule has 2 heterocycles. The summed E-state index contributed by atoms with van der Waals surface area (Å²) in [5, 5.41) is 10.0. The number of hydrogen-bond donors (Lipinski definition) is 2. The van der Waals surface area contributed by atoms with E-state index in [-0.39, 0.29) is 17.8 Å². The number of aromatic hydroxyl groups is 1. The molecule has 1 amide bonds. The molecular formula is C22H24BrN3O3. The number of benzene rings is 1. The number of hydrogen-bond acceptors (Lipinski definition) is 5. The summed E-state index contributed by atoms with van der Waals surface area (Å²) in [6.07, 6.45) is 5.20. The van der Waals surface area contributed by atoms with Gasteiger partial charge in [0.2, 0.25) is 0 Å². The summed E-state index contributed by atoms with van der Waals surface area (Å²) < 4.78 is 6.05. The monoisotopic (exact) mass is 457 g/mol. The number of nitrogens with two attached hydrogens (primary N) is 1. The Hall–Kier alpha value is -2.54. The van der Waals surface area contributed by atoms with E-state index in [1.165, 1.54) is 0 Å². The Bertz CT molecular complexity index is 968. The van der Waals surface area contributed by atoms with Gasteiger partial charge in [-0.15, -0.1) is 0 Å². The molecule has 0 saturated carbocycles. The zero-order valence-corrected chi connectivity index (χ0v) is 17.9. The summed E-state index contributed by atoms with van der Waals surface area (Å²) in [5.74, 6) is 0.530. The second kappa shape index (κ2) is 8.06. The molecule has 0 radical (unpaired) electrons. The Morgan fingerprint density at radius 1 is 1.34 bits per heavy atom. The highest BCUT2D eigenvalue weighted by Crippen LogP contribution is 2.44. The van der Waals surface area contributed by atoms with E-state index >= 15 is 0 Å². The second-order valence-electron chi connectivity index (χ2n) is 7.50. The van der Waals surface area contributed by atoms with E-state index in [2.05, 4.69) is 15.9 Å². The lowest BCUT2D eigenvalue weighted by molar-refractivity contribution is 0.0900. The van der Waals surface area contributed by atoms with Crippen LogP contribution in [0.25, 0.3) is 11.8 Å². The fourth-order valence-corrected chi connectivity index (χ4v) is 4.76. The maximum atomic E-state index is 12.1. The molecule has 1 unspecified atom stereocenters. The lowest BCUT2D eigenvalue weighted by Gasteiger charge is -2.36. The highest BCUT2D eigenvalue weighted by Gasteiger charge is 2.35. The van der Waals surface area contributed by atoms with Crippen molar-refractivity contribution < 1.29 is 14.6 Å². The van der Waals surface area contributed by atoms with Gasteiger partial charge in [-0.3, -0.25) is 4.98 Å². The van der Waals surface area contributed by atoms with Crippen molar-refractivity contribution >= 4 is 33.8 Å². The van der Waals surface area contributed by atoms with Crippen LogP contribution in [0.3, 0.4) is 0 Å². The van der Waals surface area contributed by atoms with E-state index < -0.39 is 0 Å². The molecule has 1 fully saturated rings. The average molecular weight is 458 g/mol. The normalized spacial score (nSPS) is 19.0. The van der Waals surface area contributed by atoms with E-state index in [4.69, 9.17) is 15.5 Å². The minimum Gasteiger partial charge on any atom is -0.508 e. The molecule has 1 atom stereocenters. The maximum absolute atomic E-state index is 12.1. The molecule has 1 aromatic heterocycles. The van der Waals surface area contributed by atoms with Gasteiger partial charge in [0.25, 0.3) is 0 Å². The molecule has 1 aliphatic carbocycles. The van der Waals surface area contributed by atoms with Crippen LogP contribution in [0, 0.1) is 5.92 Å². The first-order chi connectivity index (χ1) is 14.0. The smallest absolute Gasteiger partial charge is 0.409 e. The maximum Gasteiger partial charge on any atom is 0.409 e. The van der Waals surface area contributed by atoms with Gasteiger partial charge in [0, 0.05) is 40.9 Å². The highest BCUT2D eigenvalue weighted by atomic mass is 79.9. The third-order valence-corrected chi connectivity index (χ3v) is 6.18. The minimum absolute atomic E-state index is 0.0374. The number of fused-ring (bicyclic) bond motifs is 2. The summed E-state index contributed by atoms with van der Waals surface area (Å²) >= 11 is 3.51. The number of carbonyl (C=O) groups excluding carboxylic acids is 1. The van der Waals surface area contributed by atoms with Crippen molar-refractivity contribution in [3.63, 3.8) is 0 Å². The second-order valence-corrected chi connectivity index (χ2v) is 8.42. The number of phenolic OH excluding ortho intramolecular Hbond substituents is 1. The van der Waals surface area contributed by atoms with E-state index in [1.54, 1.807) is 17.0 Å². The molecule has 0 bridgehead atoms. The average Bonchev–Trinajstić information content (AvgIpc) is 2.82. The predicted octanol–water partition coefficient (Wildman–Crippen LogP) is 4.32. The van der Waals surface area contributed by atoms with Gasteiger partial charge in [0.05, 0.1) is 12.3 Å². The Morgan fingerprint density at radius 2 is 2.10 bits per heavy atom. The van der Waals surface area contributed by atoms with Crippen molar-refractivity contribution in [2.45, 2.75) is 25.7 Å². The first kappa shape index (κ1) is 19.8. The molecule has 1 aromatic carbocycles. The van der Waals surface area contributed by atoms with Crippen molar-refractivity contribution in [3.8, 4) is 5.75 Å². The lowest BCUT2D eigenvalue weighted by Crippen LogP contribution is -2.40. The van der Waals surface area contributed by atoms with Crippen LogP contribution in [0.1, 0.15) is 48.1 Å². The number of ether oxygens (including phenoxy) is 1. The first-order valence-electron chi connectivity index (χ1n) is 9.85. The van der Waals surface area contributed by atoms with Crippen molar-refractivity contribution in [1.29, 1.82) is 0 Å². The van der Waals surface area contributed by atoms with Crippen LogP contribution in [-0.4, -0.2) is 40.8 Å². The van der Waals surface area contributed by atoms with Crippen molar-refractivity contribution in [2.24, 2.45) is 11.7 Å². The summed E-state index contributed by atoms with van der Waals surface area (Å²) in [7, 11) is 0. The summed E-state index contributed by atoms with van der Waals surface area (Å²) in [5.41, 5.74) is 10.9. The van der Waals surface area contributed by atoms with Crippen molar-refractivity contribution in [3.05, 3.63) is 57.3 Å². The first-order valence-corrected chi connectivity index (χ1v) is 10.6. The number of pyridine rings is 1. The summed E-state index contributed by atoms with van der Waals surface area (Å²) in [4.78, 5) is 18.6. The third-order valence-electron chi connectivity index (χ3n) is 5.74. The molecular weight excluding hydrogens is 434 g/mol. The molecule has 1 saturated heterocycles. The number of piperidine rings is 1. The van der Waals surface area contributed by atoms with E-state index in [0.29, 0.717) is 31.3 Å². The molecule has 6 nitrogen and oxygen atoms in total. The molecule has 4 rings (SSSR count). The molecule has 152 valence electrons. The molecule has 2 aromatic rings. The van der Waals surface area contributed by atoms with Gasteiger partial charge in [-0.05, 0) is 77.0 Å². The van der Waals surface area contributed by atoms with Crippen molar-refractivity contribution in [1.82, 2.24) is 9.88 Å². The number of nitrogens with zero attached hydrogens (tertiary/aromatic N) is 2. The van der Waals surface area contributed by atoms with Crippen LogP contribution < -0.4 is 5.73 Å². The van der Waals surface area contributed by atoms with Gasteiger partial charge in [0.1, 0.15) is 5.75 Å². The van der Waals surface area contributed by atoms with Crippen LogP contribution in [0.4, 0.5) is 4.79 Å². The van der Waals surface area contributed by atoms with Gasteiger partial charge in [-0.1, -0.05) is 6.07 Å². The number of halogens is 1. The van der Waals surface area contributed by atoms with Crippen LogP contribution in [0.2, 0.25) is 0 Å². The molecule has 29 heavy (non-hydrogen) atoms. The van der Waals surface area contributed by atoms with Crippen LogP contribution in [-0.2, 0) is 4.74 Å². The van der Waals surface area contributed by atoms with Gasteiger partial charge in [0.15, 0.2) is 0 Å². The zero-order chi connectivity index (χ0) is 20.5. The molecule has 7 heteroatoms. The Kier molecular flexibility index (Phi) is 5.50. The molecule has 0 spiro atoms. The molecule has 3 N–H and O–H groups in total. The van der Waals surface area contributed by atoms with Gasteiger partial charge in [-0.2, -0.15) is 0 Å². The number of rotatable bonds is 2. The SMILES string of the molecule is CCOC(=O)N1CCC(C2c3ccc(O)cc3C(N)=Cc3cc(Br)cnc32)CC1. The number of phenols is 1. The number of likely N-dealkylation sites (tertiary alicyclic amines) is 1. The fraction of sp³-hybridized carbons (Fsp3) is 0.364. The fourth-order valence-electron chi connectivity index (χ4n) is 4.41. The van der Waals surface area contributed by atoms with E-state index in [1.807, 2.05) is 31.3 Å². The van der Waals surface area contributed by atoms with Gasteiger partial charge in [-0.25, -0.2) is 4.79 Å². The quantitative estimate of drug-likeness (QED) is 0.700. The molecule has 1 aliphatic heterocycles. The highest BCUT2D eigenvalue weighted by molar-refractivity contribution is 9.10. The number of amides is 1. The standard InChI is InChI=1S/C22H24BrN3O3/c1-2-29-22(28)26-7-5-13(6-8-26)20-17-4-3-16(27)11-18(17)19(24)10-14-9-15(23)12-25-21(14)20/h3-4,9-13,20,27H,2,5-8,24H2,1H3. The Morgan fingerprint density at radius 3 is 2.83 bits per heavy atom.